The van der Waals surface area contributed by atoms with Crippen LogP contribution >= 0.6 is 11.3 Å². The molecule has 5 rings (SSSR count). The number of nitrogens with zero attached hydrogens (tertiary/aromatic N) is 1. The minimum absolute atomic E-state index is 0.0400. The topological polar surface area (TPSA) is 68.7 Å². The van der Waals surface area contributed by atoms with Gasteiger partial charge in [-0.3, -0.25) is 4.79 Å². The molecule has 0 radical (unpaired) electrons. The number of hydrogen-bond donors (Lipinski definition) is 2. The number of thiophene rings is 1. The van der Waals surface area contributed by atoms with Crippen molar-refractivity contribution in [2.75, 3.05) is 20.2 Å². The van der Waals surface area contributed by atoms with Crippen LogP contribution in [0.5, 0.6) is 11.5 Å². The van der Waals surface area contributed by atoms with E-state index in [0.29, 0.717) is 24.4 Å². The lowest BCUT2D eigenvalue weighted by atomic mass is 10.2. The molecule has 1 unspecified atom stereocenters. The molecule has 0 bridgehead atoms. The molecular formula is C23H22N3O3S+. The Labute approximate surface area is 177 Å². The molecule has 1 aliphatic rings. The zero-order valence-corrected chi connectivity index (χ0v) is 17.4. The van der Waals surface area contributed by atoms with Crippen LogP contribution in [0.2, 0.25) is 0 Å². The Bertz CT molecular complexity index is 1240. The Morgan fingerprint density at radius 3 is 2.73 bits per heavy atom. The summed E-state index contributed by atoms with van der Waals surface area (Å²) in [7, 11) is 2.07. The van der Waals surface area contributed by atoms with Crippen molar-refractivity contribution < 1.29 is 14.4 Å². The van der Waals surface area contributed by atoms with Crippen LogP contribution in [0, 0.1) is 0 Å². The third-order valence-corrected chi connectivity index (χ3v) is 6.20. The molecule has 1 aliphatic heterocycles. The van der Waals surface area contributed by atoms with Gasteiger partial charge in [0.05, 0.1) is 12.4 Å². The van der Waals surface area contributed by atoms with Crippen molar-refractivity contribution in [3.63, 3.8) is 0 Å². The number of hydrogen-bond acceptors (Lipinski definition) is 5. The lowest BCUT2D eigenvalue weighted by Gasteiger charge is -2.27. The van der Waals surface area contributed by atoms with Crippen LogP contribution in [0.1, 0.15) is 5.82 Å². The van der Waals surface area contributed by atoms with E-state index < -0.39 is 0 Å². The maximum atomic E-state index is 12.6. The number of aromatic amines is 1. The highest BCUT2D eigenvalue weighted by Gasteiger charge is 2.24. The van der Waals surface area contributed by atoms with E-state index in [0.717, 1.165) is 33.3 Å². The maximum absolute atomic E-state index is 12.6. The highest BCUT2D eigenvalue weighted by atomic mass is 32.1. The molecule has 2 aromatic heterocycles. The van der Waals surface area contributed by atoms with Gasteiger partial charge in [-0.15, -0.1) is 11.3 Å². The average Bonchev–Trinajstić information content (AvgIpc) is 3.19. The van der Waals surface area contributed by atoms with Gasteiger partial charge in [0.1, 0.15) is 24.5 Å². The second kappa shape index (κ2) is 7.93. The Hall–Kier alpha value is -3.16. The minimum atomic E-state index is -0.0904. The molecule has 7 heteroatoms. The molecule has 4 aromatic rings. The summed E-state index contributed by atoms with van der Waals surface area (Å²) in [5.74, 6) is 2.25. The first-order valence-electron chi connectivity index (χ1n) is 9.93. The van der Waals surface area contributed by atoms with Gasteiger partial charge in [0.15, 0.2) is 23.4 Å². The summed E-state index contributed by atoms with van der Waals surface area (Å²) in [6, 6.07) is 19.7. The largest absolute Gasteiger partial charge is 0.486 e. The first-order chi connectivity index (χ1) is 14.7. The summed E-state index contributed by atoms with van der Waals surface area (Å²) in [5, 5.41) is 0.640. The van der Waals surface area contributed by atoms with Crippen molar-refractivity contribution in [1.29, 1.82) is 0 Å². The Morgan fingerprint density at radius 2 is 1.90 bits per heavy atom. The smallest absolute Gasteiger partial charge is 0.259 e. The first-order valence-corrected chi connectivity index (χ1v) is 10.8. The predicted octanol–water partition coefficient (Wildman–Crippen LogP) is 2.51. The van der Waals surface area contributed by atoms with Gasteiger partial charge in [0.25, 0.3) is 5.56 Å². The average molecular weight is 421 g/mol. The molecule has 0 spiro atoms. The molecule has 3 heterocycles. The van der Waals surface area contributed by atoms with Crippen molar-refractivity contribution in [2.24, 2.45) is 0 Å². The van der Waals surface area contributed by atoms with Crippen molar-refractivity contribution in [3.05, 3.63) is 76.8 Å². The standard InChI is InChI=1S/C23H21N3O3S/c1-26(12-16-14-28-18-9-5-6-10-19(18)29-16)13-21-24-22(27)17-11-20(30-23(17)25-21)15-7-3-2-4-8-15/h2-11,16H,12-14H2,1H3,(H,24,25,27)/p+1/t16-/m1/s1. The highest BCUT2D eigenvalue weighted by Crippen LogP contribution is 2.31. The normalized spacial score (nSPS) is 16.5. The van der Waals surface area contributed by atoms with E-state index in [1.807, 2.05) is 60.7 Å². The zero-order valence-electron chi connectivity index (χ0n) is 16.6. The van der Waals surface area contributed by atoms with E-state index in [4.69, 9.17) is 14.5 Å². The lowest BCUT2D eigenvalue weighted by molar-refractivity contribution is -0.897. The summed E-state index contributed by atoms with van der Waals surface area (Å²) in [6.45, 7) is 1.86. The number of H-pyrrole nitrogens is 1. The monoisotopic (exact) mass is 420 g/mol. The van der Waals surface area contributed by atoms with Gasteiger partial charge in [0, 0.05) is 4.88 Å². The van der Waals surface area contributed by atoms with Gasteiger partial charge < -0.3 is 19.4 Å². The number of fused-ring (bicyclic) bond motifs is 2. The molecule has 2 N–H and O–H groups in total. The summed E-state index contributed by atoms with van der Waals surface area (Å²) in [6.07, 6.45) is -0.0400. The Balaban J connectivity index is 1.31. The van der Waals surface area contributed by atoms with Crippen LogP contribution in [0.25, 0.3) is 20.7 Å². The molecule has 152 valence electrons. The van der Waals surface area contributed by atoms with Crippen LogP contribution in [-0.4, -0.2) is 36.3 Å². The van der Waals surface area contributed by atoms with Crippen molar-refractivity contribution in [3.8, 4) is 21.9 Å². The summed E-state index contributed by atoms with van der Waals surface area (Å²) in [5.41, 5.74) is 1.01. The zero-order chi connectivity index (χ0) is 20.5. The van der Waals surface area contributed by atoms with E-state index in [9.17, 15) is 4.79 Å². The quantitative estimate of drug-likeness (QED) is 0.521. The second-order valence-electron chi connectivity index (χ2n) is 7.54. The fourth-order valence-corrected chi connectivity index (χ4v) is 4.77. The van der Waals surface area contributed by atoms with Crippen LogP contribution in [-0.2, 0) is 6.54 Å². The van der Waals surface area contributed by atoms with Gasteiger partial charge in [-0.2, -0.15) is 0 Å². The van der Waals surface area contributed by atoms with Crippen LogP contribution in [0.15, 0.2) is 65.5 Å². The summed E-state index contributed by atoms with van der Waals surface area (Å²) >= 11 is 1.55. The molecule has 2 atom stereocenters. The van der Waals surface area contributed by atoms with E-state index in [2.05, 4.69) is 12.0 Å². The number of ether oxygens (including phenoxy) is 2. The number of rotatable bonds is 5. The molecular weight excluding hydrogens is 398 g/mol. The fraction of sp³-hybridized carbons (Fsp3) is 0.217. The van der Waals surface area contributed by atoms with Crippen molar-refractivity contribution in [1.82, 2.24) is 9.97 Å². The van der Waals surface area contributed by atoms with Gasteiger partial charge in [-0.1, -0.05) is 42.5 Å². The number of nitrogens with one attached hydrogen (secondary N) is 2. The fourth-order valence-electron chi connectivity index (χ4n) is 3.71. The molecule has 30 heavy (non-hydrogen) atoms. The maximum Gasteiger partial charge on any atom is 0.259 e. The van der Waals surface area contributed by atoms with E-state index in [1.54, 1.807) is 11.3 Å². The highest BCUT2D eigenvalue weighted by molar-refractivity contribution is 7.21. The molecule has 0 saturated carbocycles. The van der Waals surface area contributed by atoms with Crippen LogP contribution in [0.4, 0.5) is 0 Å². The van der Waals surface area contributed by atoms with Gasteiger partial charge in [-0.25, -0.2) is 4.98 Å². The van der Waals surface area contributed by atoms with Gasteiger partial charge >= 0.3 is 0 Å². The van der Waals surface area contributed by atoms with Gasteiger partial charge in [0.2, 0.25) is 0 Å². The second-order valence-corrected chi connectivity index (χ2v) is 8.57. The Kier molecular flexibility index (Phi) is 4.98. The molecule has 6 nitrogen and oxygen atoms in total. The van der Waals surface area contributed by atoms with Crippen molar-refractivity contribution in [2.45, 2.75) is 12.6 Å². The van der Waals surface area contributed by atoms with Crippen LogP contribution in [0.3, 0.4) is 0 Å². The van der Waals surface area contributed by atoms with E-state index in [-0.39, 0.29) is 11.7 Å². The third kappa shape index (κ3) is 3.81. The molecule has 0 fully saturated rings. The molecule has 0 saturated heterocycles. The van der Waals surface area contributed by atoms with Crippen molar-refractivity contribution >= 4 is 21.6 Å². The predicted molar refractivity (Wildman–Crippen MR) is 117 cm³/mol. The summed E-state index contributed by atoms with van der Waals surface area (Å²) in [4.78, 5) is 23.3. The Morgan fingerprint density at radius 1 is 1.13 bits per heavy atom. The summed E-state index contributed by atoms with van der Waals surface area (Å²) < 4.78 is 11.8. The number of quaternary nitrogens is 1. The minimum Gasteiger partial charge on any atom is -0.486 e. The number of benzene rings is 2. The number of likely N-dealkylation sites (N-methyl/N-ethyl adjacent to an activating group) is 1. The molecule has 0 amide bonds. The van der Waals surface area contributed by atoms with Crippen LogP contribution < -0.4 is 19.9 Å². The molecule has 2 aromatic carbocycles. The SMILES string of the molecule is C[NH+](Cc1nc2sc(-c3ccccc3)cc2c(=O)[nH]1)C[C@@H]1COc2ccccc2O1. The third-order valence-electron chi connectivity index (χ3n) is 5.12. The van der Waals surface area contributed by atoms with E-state index in [1.165, 1.54) is 4.90 Å². The molecule has 0 aliphatic carbocycles. The van der Waals surface area contributed by atoms with Gasteiger partial charge in [-0.05, 0) is 23.8 Å². The first kappa shape index (κ1) is 18.8. The number of aromatic nitrogens is 2. The van der Waals surface area contributed by atoms with E-state index >= 15 is 0 Å². The lowest BCUT2D eigenvalue weighted by Crippen LogP contribution is -3.09. The number of para-hydroxylation sites is 2.